The van der Waals surface area contributed by atoms with E-state index < -0.39 is 7.26 Å². The van der Waals surface area contributed by atoms with Crippen molar-refractivity contribution in [2.75, 3.05) is 6.66 Å². The van der Waals surface area contributed by atoms with E-state index in [2.05, 4.69) is 109 Å². The number of H-pyrrole nitrogens is 1. The van der Waals surface area contributed by atoms with E-state index in [4.69, 9.17) is 0 Å². The zero-order valence-electron chi connectivity index (χ0n) is 14.3. The second-order valence-electron chi connectivity index (χ2n) is 6.49. The number of aromatic amines is 1. The van der Waals surface area contributed by atoms with Gasteiger partial charge in [-0.15, -0.1) is 0 Å². The van der Waals surface area contributed by atoms with Gasteiger partial charge in [0.15, 0.2) is 0 Å². The molecule has 124 valence electrons. The van der Waals surface area contributed by atoms with Crippen LogP contribution in [0.5, 0.6) is 0 Å². The Kier molecular flexibility index (Phi) is 4.26. The van der Waals surface area contributed by atoms with Gasteiger partial charge in [-0.05, 0) is 0 Å². The van der Waals surface area contributed by atoms with E-state index in [0.717, 1.165) is 0 Å². The zero-order valence-corrected chi connectivity index (χ0v) is 15.3. The fourth-order valence-electron chi connectivity index (χ4n) is 3.67. The molecule has 0 bridgehead atoms. The van der Waals surface area contributed by atoms with E-state index in [0.29, 0.717) is 0 Å². The first kappa shape index (κ1) is 15.9. The minimum atomic E-state index is -2.10. The summed E-state index contributed by atoms with van der Waals surface area (Å²) >= 11 is 0. The summed E-state index contributed by atoms with van der Waals surface area (Å²) in [6.07, 6.45) is 2.00. The van der Waals surface area contributed by atoms with Crippen LogP contribution in [0.4, 0.5) is 0 Å². The molecule has 0 aliphatic rings. The van der Waals surface area contributed by atoms with Crippen LogP contribution >= 0.6 is 7.26 Å². The third-order valence-corrected chi connectivity index (χ3v) is 9.55. The second kappa shape index (κ2) is 6.70. The van der Waals surface area contributed by atoms with Gasteiger partial charge in [0.25, 0.3) is 0 Å². The van der Waals surface area contributed by atoms with E-state index in [1.54, 1.807) is 0 Å². The predicted molar refractivity (Wildman–Crippen MR) is 112 cm³/mol. The van der Waals surface area contributed by atoms with Gasteiger partial charge in [0.05, 0.1) is 0 Å². The number of rotatable bonds is 4. The number of hydrogen-bond acceptors (Lipinski definition) is 0. The molecule has 0 aliphatic heterocycles. The summed E-state index contributed by atoms with van der Waals surface area (Å²) in [4.78, 5) is 3.39. The quantitative estimate of drug-likeness (QED) is 0.531. The number of nitrogens with one attached hydrogen (secondary N) is 1. The summed E-state index contributed by atoms with van der Waals surface area (Å²) in [7, 11) is -2.10. The Balaban J connectivity index is 2.01. The first-order valence-corrected chi connectivity index (χ1v) is 11.1. The maximum atomic E-state index is 3.39. The Bertz CT molecular complexity index is 904. The maximum absolute atomic E-state index is 3.39. The monoisotopic (exact) mass is 343 g/mol. The molecule has 0 atom stereocenters. The van der Waals surface area contributed by atoms with Crippen LogP contribution in [0.1, 0.15) is 0 Å². The van der Waals surface area contributed by atoms with Crippen LogP contribution in [0.25, 0.3) is 11.3 Å². The van der Waals surface area contributed by atoms with Gasteiger partial charge < -0.3 is 0 Å². The molecule has 1 N–H and O–H groups in total. The van der Waals surface area contributed by atoms with E-state index >= 15 is 0 Å². The van der Waals surface area contributed by atoms with E-state index in [1.165, 1.54) is 27.2 Å². The minimum absolute atomic E-state index is 1.18. The van der Waals surface area contributed by atoms with Crippen LogP contribution in [-0.2, 0) is 0 Å². The zero-order chi connectivity index (χ0) is 17.1. The van der Waals surface area contributed by atoms with Gasteiger partial charge in [-0.2, -0.15) is 0 Å². The average molecular weight is 343 g/mol. The third kappa shape index (κ3) is 2.81. The molecule has 0 saturated heterocycles. The van der Waals surface area contributed by atoms with Crippen LogP contribution in [0.15, 0.2) is 103 Å². The van der Waals surface area contributed by atoms with Crippen LogP contribution in [0.2, 0.25) is 0 Å². The van der Waals surface area contributed by atoms with Gasteiger partial charge in [-0.25, -0.2) is 0 Å². The van der Waals surface area contributed by atoms with Gasteiger partial charge in [0, 0.05) is 0 Å². The average Bonchev–Trinajstić information content (AvgIpc) is 3.23. The topological polar surface area (TPSA) is 15.8 Å². The summed E-state index contributed by atoms with van der Waals surface area (Å²) in [5.41, 5.74) is 2.48. The standard InChI is InChI=1S/C23H22NP/c1-25(19-11-4-2-5-12-19,20-13-6-3-7-14-20)23-17-9-8-15-21(23)22-16-10-18-24-22/h2-18,24-25H,1H3. The Labute approximate surface area is 149 Å². The number of aromatic nitrogens is 1. The molecule has 0 saturated carbocycles. The van der Waals surface area contributed by atoms with Crippen molar-refractivity contribution in [1.29, 1.82) is 0 Å². The molecule has 0 spiro atoms. The molecule has 0 aliphatic carbocycles. The Morgan fingerprint density at radius 3 is 1.72 bits per heavy atom. The molecule has 25 heavy (non-hydrogen) atoms. The number of hydrogen-bond donors (Lipinski definition) is 1. The molecule has 2 heteroatoms. The molecule has 0 fully saturated rings. The van der Waals surface area contributed by atoms with Crippen molar-refractivity contribution in [3.8, 4) is 11.3 Å². The van der Waals surface area contributed by atoms with Crippen molar-refractivity contribution >= 4 is 23.2 Å². The van der Waals surface area contributed by atoms with Crippen molar-refractivity contribution in [2.24, 2.45) is 0 Å². The first-order chi connectivity index (χ1) is 12.3. The molecule has 4 rings (SSSR count). The Morgan fingerprint density at radius 2 is 1.16 bits per heavy atom. The molecular formula is C23H22NP. The van der Waals surface area contributed by atoms with E-state index in [1.807, 2.05) is 6.20 Å². The molecule has 1 aromatic heterocycles. The molecule has 1 nitrogen and oxygen atoms in total. The number of benzene rings is 3. The molecule has 0 unspecified atom stereocenters. The van der Waals surface area contributed by atoms with E-state index in [-0.39, 0.29) is 0 Å². The summed E-state index contributed by atoms with van der Waals surface area (Å²) in [5.74, 6) is 0. The van der Waals surface area contributed by atoms with Gasteiger partial charge in [-0.1, -0.05) is 0 Å². The second-order valence-corrected chi connectivity index (χ2v) is 10.4. The third-order valence-electron chi connectivity index (χ3n) is 5.06. The van der Waals surface area contributed by atoms with Crippen molar-refractivity contribution < 1.29 is 0 Å². The summed E-state index contributed by atoms with van der Waals surface area (Å²) in [6.45, 7) is 2.46. The fourth-order valence-corrected chi connectivity index (χ4v) is 7.53. The molecule has 0 radical (unpaired) electrons. The van der Waals surface area contributed by atoms with Crippen molar-refractivity contribution in [3.05, 3.63) is 103 Å². The Morgan fingerprint density at radius 1 is 0.600 bits per heavy atom. The van der Waals surface area contributed by atoms with Crippen LogP contribution in [-0.4, -0.2) is 11.6 Å². The van der Waals surface area contributed by atoms with Crippen LogP contribution in [0, 0.1) is 0 Å². The molecule has 3 aromatic carbocycles. The van der Waals surface area contributed by atoms with Crippen LogP contribution < -0.4 is 15.9 Å². The first-order valence-electron chi connectivity index (χ1n) is 8.64. The van der Waals surface area contributed by atoms with Gasteiger partial charge in [0.2, 0.25) is 0 Å². The SMILES string of the molecule is C[PH](c1ccccc1)(c1ccccc1)c1ccccc1-c1ccc[nH]1. The normalized spacial score (nSPS) is 12.0. The summed E-state index contributed by atoms with van der Waals surface area (Å²) < 4.78 is 0. The van der Waals surface area contributed by atoms with Crippen LogP contribution in [0.3, 0.4) is 0 Å². The summed E-state index contributed by atoms with van der Waals surface area (Å²) in [5, 5.41) is 4.30. The molecule has 1 heterocycles. The molecule has 0 amide bonds. The van der Waals surface area contributed by atoms with Crippen molar-refractivity contribution in [3.63, 3.8) is 0 Å². The van der Waals surface area contributed by atoms with Gasteiger partial charge >= 0.3 is 149 Å². The van der Waals surface area contributed by atoms with Crippen molar-refractivity contribution in [2.45, 2.75) is 0 Å². The summed E-state index contributed by atoms with van der Waals surface area (Å²) in [6, 6.07) is 35.0. The predicted octanol–water partition coefficient (Wildman–Crippen LogP) is 4.34. The van der Waals surface area contributed by atoms with Crippen molar-refractivity contribution in [1.82, 2.24) is 4.98 Å². The van der Waals surface area contributed by atoms with E-state index in [9.17, 15) is 0 Å². The molecular weight excluding hydrogens is 321 g/mol. The Hall–Kier alpha value is -2.63. The molecule has 4 aromatic rings. The fraction of sp³-hybridized carbons (Fsp3) is 0.0435. The van der Waals surface area contributed by atoms with Gasteiger partial charge in [0.1, 0.15) is 0 Å². The van der Waals surface area contributed by atoms with Gasteiger partial charge in [-0.3, -0.25) is 0 Å².